The molecule has 1 fully saturated rings. The molecule has 0 atom stereocenters. The predicted octanol–water partition coefficient (Wildman–Crippen LogP) is 2.09. The second-order valence-electron chi connectivity index (χ2n) is 4.86. The molecule has 0 bridgehead atoms. The van der Waals surface area contributed by atoms with E-state index in [-0.39, 0.29) is 6.03 Å². The van der Waals surface area contributed by atoms with E-state index < -0.39 is 0 Å². The topological polar surface area (TPSA) is 58.4 Å². The molecule has 0 saturated heterocycles. The van der Waals surface area contributed by atoms with Crippen LogP contribution in [-0.2, 0) is 0 Å². The molecule has 4 nitrogen and oxygen atoms in total. The van der Waals surface area contributed by atoms with Crippen LogP contribution < -0.4 is 11.1 Å². The van der Waals surface area contributed by atoms with E-state index in [1.807, 2.05) is 4.90 Å². The second kappa shape index (κ2) is 8.34. The highest BCUT2D eigenvalue weighted by Crippen LogP contribution is 2.23. The van der Waals surface area contributed by atoms with Crippen LogP contribution in [0.4, 0.5) is 4.79 Å². The van der Waals surface area contributed by atoms with E-state index in [0.29, 0.717) is 12.6 Å². The third-order valence-corrected chi connectivity index (χ3v) is 3.44. The zero-order valence-electron chi connectivity index (χ0n) is 11.1. The summed E-state index contributed by atoms with van der Waals surface area (Å²) >= 11 is 0. The first-order chi connectivity index (χ1) is 8.29. The average Bonchev–Trinajstić information content (AvgIpc) is 2.83. The fourth-order valence-electron chi connectivity index (χ4n) is 2.40. The molecular weight excluding hydrogens is 214 g/mol. The number of hydrogen-bond acceptors (Lipinski definition) is 2. The number of hydrogen-bond donors (Lipinski definition) is 2. The summed E-state index contributed by atoms with van der Waals surface area (Å²) in [5, 5.41) is 3.02. The first kappa shape index (κ1) is 14.3. The lowest BCUT2D eigenvalue weighted by molar-refractivity contribution is 0.174. The van der Waals surface area contributed by atoms with Crippen molar-refractivity contribution in [3.63, 3.8) is 0 Å². The van der Waals surface area contributed by atoms with Crippen LogP contribution in [0.15, 0.2) is 0 Å². The molecule has 0 aromatic rings. The molecule has 17 heavy (non-hydrogen) atoms. The summed E-state index contributed by atoms with van der Waals surface area (Å²) in [7, 11) is 0. The maximum absolute atomic E-state index is 12.1. The van der Waals surface area contributed by atoms with Crippen molar-refractivity contribution >= 4 is 6.03 Å². The van der Waals surface area contributed by atoms with Gasteiger partial charge >= 0.3 is 6.03 Å². The number of carbonyl (C=O) groups is 1. The summed E-state index contributed by atoms with van der Waals surface area (Å²) in [6, 6.07) is 0.557. The van der Waals surface area contributed by atoms with Gasteiger partial charge in [-0.15, -0.1) is 0 Å². The van der Waals surface area contributed by atoms with Crippen molar-refractivity contribution in [1.29, 1.82) is 0 Å². The van der Waals surface area contributed by atoms with Gasteiger partial charge in [0.1, 0.15) is 0 Å². The number of carbonyl (C=O) groups excluding carboxylic acids is 1. The van der Waals surface area contributed by atoms with Crippen molar-refractivity contribution in [2.24, 2.45) is 5.73 Å². The lowest BCUT2D eigenvalue weighted by Crippen LogP contribution is -2.46. The number of urea groups is 1. The molecule has 1 saturated carbocycles. The molecule has 1 rings (SSSR count). The minimum Gasteiger partial charge on any atom is -0.338 e. The highest BCUT2D eigenvalue weighted by molar-refractivity contribution is 5.74. The Morgan fingerprint density at radius 3 is 2.65 bits per heavy atom. The third-order valence-electron chi connectivity index (χ3n) is 3.44. The molecule has 4 heteroatoms. The van der Waals surface area contributed by atoms with Crippen LogP contribution in [-0.4, -0.2) is 36.6 Å². The zero-order chi connectivity index (χ0) is 12.5. The van der Waals surface area contributed by atoms with E-state index in [1.54, 1.807) is 0 Å². The van der Waals surface area contributed by atoms with E-state index >= 15 is 0 Å². The average molecular weight is 241 g/mol. The van der Waals surface area contributed by atoms with Gasteiger partial charge in [-0.05, 0) is 32.2 Å². The lowest BCUT2D eigenvalue weighted by Gasteiger charge is -2.29. The third kappa shape index (κ3) is 4.94. The van der Waals surface area contributed by atoms with Gasteiger partial charge in [0.25, 0.3) is 0 Å². The summed E-state index contributed by atoms with van der Waals surface area (Å²) in [4.78, 5) is 14.1. The Hall–Kier alpha value is -0.770. The Labute approximate surface area is 105 Å². The van der Waals surface area contributed by atoms with Crippen molar-refractivity contribution in [3.05, 3.63) is 0 Å². The van der Waals surface area contributed by atoms with Crippen LogP contribution in [0.3, 0.4) is 0 Å². The second-order valence-corrected chi connectivity index (χ2v) is 4.86. The molecule has 3 N–H and O–H groups in total. The lowest BCUT2D eigenvalue weighted by atomic mass is 10.2. The molecule has 2 amide bonds. The minimum absolute atomic E-state index is 0.110. The maximum Gasteiger partial charge on any atom is 0.317 e. The summed E-state index contributed by atoms with van der Waals surface area (Å²) in [6.07, 6.45) is 7.90. The number of rotatable bonds is 7. The summed E-state index contributed by atoms with van der Waals surface area (Å²) < 4.78 is 0. The molecule has 0 aromatic heterocycles. The number of unbranched alkanes of at least 4 members (excludes halogenated alkanes) is 1. The molecule has 0 aromatic carbocycles. The molecule has 1 aliphatic rings. The molecule has 100 valence electrons. The smallest absolute Gasteiger partial charge is 0.317 e. The Morgan fingerprint density at radius 2 is 2.06 bits per heavy atom. The summed E-state index contributed by atoms with van der Waals surface area (Å²) in [5.74, 6) is 0. The first-order valence-corrected chi connectivity index (χ1v) is 7.04. The summed E-state index contributed by atoms with van der Waals surface area (Å²) in [5.41, 5.74) is 5.54. The van der Waals surface area contributed by atoms with Crippen LogP contribution in [0.25, 0.3) is 0 Å². The van der Waals surface area contributed by atoms with Gasteiger partial charge in [-0.1, -0.05) is 26.2 Å². The van der Waals surface area contributed by atoms with Gasteiger partial charge in [0.2, 0.25) is 0 Å². The Balaban J connectivity index is 2.39. The predicted molar refractivity (Wildman–Crippen MR) is 70.9 cm³/mol. The van der Waals surface area contributed by atoms with E-state index in [1.165, 1.54) is 12.8 Å². The van der Waals surface area contributed by atoms with E-state index in [4.69, 9.17) is 5.73 Å². The fraction of sp³-hybridized carbons (Fsp3) is 0.923. The fourth-order valence-corrected chi connectivity index (χ4v) is 2.40. The van der Waals surface area contributed by atoms with Gasteiger partial charge in [0.05, 0.1) is 0 Å². The van der Waals surface area contributed by atoms with Gasteiger partial charge in [-0.2, -0.15) is 0 Å². The van der Waals surface area contributed by atoms with Crippen molar-refractivity contribution in [3.8, 4) is 0 Å². The molecule has 0 heterocycles. The minimum atomic E-state index is 0.110. The van der Waals surface area contributed by atoms with Gasteiger partial charge in [-0.25, -0.2) is 4.79 Å². The monoisotopic (exact) mass is 241 g/mol. The number of nitrogens with two attached hydrogens (primary N) is 1. The molecule has 1 aliphatic carbocycles. The van der Waals surface area contributed by atoms with E-state index in [9.17, 15) is 4.79 Å². The maximum atomic E-state index is 12.1. The van der Waals surface area contributed by atoms with E-state index in [2.05, 4.69) is 12.2 Å². The van der Waals surface area contributed by atoms with E-state index in [0.717, 1.165) is 45.2 Å². The molecule has 0 aliphatic heterocycles. The Morgan fingerprint density at radius 1 is 1.35 bits per heavy atom. The molecule has 0 radical (unpaired) electrons. The Kier molecular flexibility index (Phi) is 7.01. The number of nitrogens with one attached hydrogen (secondary N) is 1. The van der Waals surface area contributed by atoms with Crippen LogP contribution in [0.2, 0.25) is 0 Å². The molecular formula is C13H27N3O. The van der Waals surface area contributed by atoms with Gasteiger partial charge < -0.3 is 16.0 Å². The highest BCUT2D eigenvalue weighted by Gasteiger charge is 2.25. The SMILES string of the molecule is CCCCNC(=O)N(CCCN)C1CCCC1. The molecule has 0 spiro atoms. The van der Waals surface area contributed by atoms with Crippen molar-refractivity contribution < 1.29 is 4.79 Å². The van der Waals surface area contributed by atoms with Crippen LogP contribution in [0, 0.1) is 0 Å². The zero-order valence-corrected chi connectivity index (χ0v) is 11.1. The first-order valence-electron chi connectivity index (χ1n) is 7.04. The number of nitrogens with zero attached hydrogens (tertiary/aromatic N) is 1. The van der Waals surface area contributed by atoms with Crippen LogP contribution >= 0.6 is 0 Å². The Bertz CT molecular complexity index is 215. The van der Waals surface area contributed by atoms with Gasteiger partial charge in [0, 0.05) is 19.1 Å². The van der Waals surface area contributed by atoms with Crippen molar-refractivity contribution in [2.45, 2.75) is 57.9 Å². The van der Waals surface area contributed by atoms with Crippen LogP contribution in [0.1, 0.15) is 51.9 Å². The summed E-state index contributed by atoms with van der Waals surface area (Å²) in [6.45, 7) is 4.39. The molecule has 0 unspecified atom stereocenters. The van der Waals surface area contributed by atoms with Crippen molar-refractivity contribution in [1.82, 2.24) is 10.2 Å². The standard InChI is InChI=1S/C13H27N3O/c1-2-3-10-15-13(17)16(11-6-9-14)12-7-4-5-8-12/h12H,2-11,14H2,1H3,(H,15,17). The quantitative estimate of drug-likeness (QED) is 0.671. The number of amides is 2. The van der Waals surface area contributed by atoms with Gasteiger partial charge in [0.15, 0.2) is 0 Å². The largest absolute Gasteiger partial charge is 0.338 e. The normalized spacial score (nSPS) is 16.1. The highest BCUT2D eigenvalue weighted by atomic mass is 16.2. The van der Waals surface area contributed by atoms with Gasteiger partial charge in [-0.3, -0.25) is 0 Å². The van der Waals surface area contributed by atoms with Crippen molar-refractivity contribution in [2.75, 3.05) is 19.6 Å². The van der Waals surface area contributed by atoms with Crippen LogP contribution in [0.5, 0.6) is 0 Å².